The minimum absolute atomic E-state index is 0.132. The van der Waals surface area contributed by atoms with Crippen LogP contribution in [0.1, 0.15) is 26.3 Å². The molecule has 0 aliphatic carbocycles. The van der Waals surface area contributed by atoms with Crippen molar-refractivity contribution in [3.8, 4) is 0 Å². The molecule has 0 unspecified atom stereocenters. The molecule has 144 valence electrons. The Kier molecular flexibility index (Phi) is 7.41. The van der Waals surface area contributed by atoms with Crippen molar-refractivity contribution in [2.24, 2.45) is 0 Å². The first kappa shape index (κ1) is 20.2. The molecular formula is C19H29N3O4. The van der Waals surface area contributed by atoms with Gasteiger partial charge < -0.3 is 20.1 Å². The molecule has 1 fully saturated rings. The van der Waals surface area contributed by atoms with Crippen LogP contribution in [0.5, 0.6) is 0 Å². The van der Waals surface area contributed by atoms with Crippen molar-refractivity contribution in [2.75, 3.05) is 44.8 Å². The maximum atomic E-state index is 12.2. The van der Waals surface area contributed by atoms with E-state index in [1.165, 1.54) is 6.92 Å². The molecule has 0 atom stereocenters. The van der Waals surface area contributed by atoms with Crippen LogP contribution in [0.4, 0.5) is 10.5 Å². The zero-order valence-corrected chi connectivity index (χ0v) is 15.8. The maximum absolute atomic E-state index is 12.2. The second-order valence-corrected chi connectivity index (χ2v) is 7.01. The Hall–Kier alpha value is -2.12. The van der Waals surface area contributed by atoms with Crippen LogP contribution in [0.2, 0.25) is 0 Å². The first-order chi connectivity index (χ1) is 12.4. The normalized spacial score (nSPS) is 15.3. The summed E-state index contributed by atoms with van der Waals surface area (Å²) in [6.07, 6.45) is 0.612. The number of hydrogen-bond donors (Lipinski definition) is 2. The van der Waals surface area contributed by atoms with E-state index < -0.39 is 0 Å². The monoisotopic (exact) mass is 363 g/mol. The third-order valence-corrected chi connectivity index (χ3v) is 4.43. The summed E-state index contributed by atoms with van der Waals surface area (Å²) < 4.78 is 10.3. The molecule has 1 aromatic carbocycles. The van der Waals surface area contributed by atoms with Crippen molar-refractivity contribution in [3.63, 3.8) is 0 Å². The van der Waals surface area contributed by atoms with Crippen molar-refractivity contribution in [2.45, 2.75) is 32.7 Å². The number of carbonyl (C=O) groups is 2. The number of anilines is 1. The molecule has 2 rings (SSSR count). The van der Waals surface area contributed by atoms with Crippen LogP contribution in [-0.2, 0) is 20.7 Å². The molecule has 0 radical (unpaired) electrons. The largest absolute Gasteiger partial charge is 0.466 e. The Morgan fingerprint density at radius 3 is 2.69 bits per heavy atom. The van der Waals surface area contributed by atoms with Crippen LogP contribution in [0.25, 0.3) is 0 Å². The van der Waals surface area contributed by atoms with Gasteiger partial charge in [-0.3, -0.25) is 9.69 Å². The third-order valence-electron chi connectivity index (χ3n) is 4.43. The van der Waals surface area contributed by atoms with Crippen molar-refractivity contribution < 1.29 is 19.1 Å². The Bertz CT molecular complexity index is 613. The van der Waals surface area contributed by atoms with E-state index in [1.54, 1.807) is 0 Å². The molecule has 0 bridgehead atoms. The number of rotatable bonds is 7. The Morgan fingerprint density at radius 2 is 2.00 bits per heavy atom. The summed E-state index contributed by atoms with van der Waals surface area (Å²) in [5.41, 5.74) is 1.58. The highest BCUT2D eigenvalue weighted by atomic mass is 16.5. The van der Waals surface area contributed by atoms with Gasteiger partial charge >= 0.3 is 12.0 Å². The number of nitrogens with one attached hydrogen (secondary N) is 2. The molecule has 7 heteroatoms. The predicted octanol–water partition coefficient (Wildman–Crippen LogP) is 2.02. The molecule has 2 N–H and O–H groups in total. The average Bonchev–Trinajstić information content (AvgIpc) is 2.61. The summed E-state index contributed by atoms with van der Waals surface area (Å²) in [6, 6.07) is 7.30. The predicted molar refractivity (Wildman–Crippen MR) is 100 cm³/mol. The summed E-state index contributed by atoms with van der Waals surface area (Å²) >= 11 is 0. The lowest BCUT2D eigenvalue weighted by Gasteiger charge is -2.40. The molecule has 2 amide bonds. The van der Waals surface area contributed by atoms with Gasteiger partial charge in [-0.05, 0) is 31.5 Å². The number of hydrogen-bond acceptors (Lipinski definition) is 5. The van der Waals surface area contributed by atoms with Gasteiger partial charge in [0.1, 0.15) is 0 Å². The van der Waals surface area contributed by atoms with Crippen LogP contribution in [0.15, 0.2) is 24.3 Å². The van der Waals surface area contributed by atoms with Gasteiger partial charge in [0.25, 0.3) is 0 Å². The molecule has 1 aromatic rings. The van der Waals surface area contributed by atoms with Gasteiger partial charge in [0.15, 0.2) is 0 Å². The molecular weight excluding hydrogens is 334 g/mol. The van der Waals surface area contributed by atoms with E-state index in [2.05, 4.69) is 29.4 Å². The molecule has 0 spiro atoms. The molecule has 1 aliphatic heterocycles. The van der Waals surface area contributed by atoms with Gasteiger partial charge in [0, 0.05) is 44.2 Å². The number of urea groups is 1. The fraction of sp³-hybridized carbons (Fsp3) is 0.579. The molecule has 0 saturated carbocycles. The topological polar surface area (TPSA) is 79.9 Å². The zero-order valence-electron chi connectivity index (χ0n) is 15.8. The number of benzene rings is 1. The summed E-state index contributed by atoms with van der Waals surface area (Å²) in [7, 11) is 0. The fourth-order valence-corrected chi connectivity index (χ4v) is 2.87. The number of morpholine rings is 1. The smallest absolute Gasteiger partial charge is 0.319 e. The fourth-order valence-electron chi connectivity index (χ4n) is 2.87. The number of ether oxygens (including phenoxy) is 2. The summed E-state index contributed by atoms with van der Waals surface area (Å²) in [5, 5.41) is 5.80. The molecule has 26 heavy (non-hydrogen) atoms. The van der Waals surface area contributed by atoms with E-state index in [0.29, 0.717) is 25.3 Å². The van der Waals surface area contributed by atoms with Gasteiger partial charge in [0.2, 0.25) is 0 Å². The minimum atomic E-state index is -0.290. The van der Waals surface area contributed by atoms with Crippen molar-refractivity contribution >= 4 is 17.7 Å². The molecule has 1 aliphatic rings. The average molecular weight is 363 g/mol. The Morgan fingerprint density at radius 1 is 1.27 bits per heavy atom. The van der Waals surface area contributed by atoms with E-state index in [1.807, 2.05) is 24.3 Å². The van der Waals surface area contributed by atoms with Crippen LogP contribution >= 0.6 is 0 Å². The molecule has 7 nitrogen and oxygen atoms in total. The van der Waals surface area contributed by atoms with Crippen LogP contribution in [-0.4, -0.2) is 61.9 Å². The maximum Gasteiger partial charge on any atom is 0.319 e. The van der Waals surface area contributed by atoms with E-state index in [9.17, 15) is 9.59 Å². The molecule has 0 aromatic heterocycles. The SMILES string of the molecule is CC(=O)OCCc1cccc(NC(=O)NCC(C)(C)N2CCOCC2)c1. The van der Waals surface area contributed by atoms with Crippen molar-refractivity contribution in [3.05, 3.63) is 29.8 Å². The second kappa shape index (κ2) is 9.54. The van der Waals surface area contributed by atoms with E-state index >= 15 is 0 Å². The number of carbonyl (C=O) groups excluding carboxylic acids is 2. The lowest BCUT2D eigenvalue weighted by atomic mass is 10.0. The van der Waals surface area contributed by atoms with E-state index in [-0.39, 0.29) is 17.5 Å². The Balaban J connectivity index is 1.80. The highest BCUT2D eigenvalue weighted by molar-refractivity contribution is 5.89. The number of nitrogens with zero attached hydrogens (tertiary/aromatic N) is 1. The second-order valence-electron chi connectivity index (χ2n) is 7.01. The van der Waals surface area contributed by atoms with E-state index in [4.69, 9.17) is 9.47 Å². The van der Waals surface area contributed by atoms with Gasteiger partial charge in [-0.15, -0.1) is 0 Å². The third kappa shape index (κ3) is 6.65. The van der Waals surface area contributed by atoms with Crippen LogP contribution in [0.3, 0.4) is 0 Å². The lowest BCUT2D eigenvalue weighted by molar-refractivity contribution is -0.140. The van der Waals surface area contributed by atoms with Gasteiger partial charge in [-0.2, -0.15) is 0 Å². The molecule has 1 heterocycles. The Labute approximate surface area is 155 Å². The highest BCUT2D eigenvalue weighted by Gasteiger charge is 2.28. The van der Waals surface area contributed by atoms with Crippen molar-refractivity contribution in [1.82, 2.24) is 10.2 Å². The summed E-state index contributed by atoms with van der Waals surface area (Å²) in [4.78, 5) is 25.4. The van der Waals surface area contributed by atoms with Gasteiger partial charge in [0.05, 0.1) is 19.8 Å². The lowest BCUT2D eigenvalue weighted by Crippen LogP contribution is -2.55. The van der Waals surface area contributed by atoms with Gasteiger partial charge in [-0.1, -0.05) is 12.1 Å². The van der Waals surface area contributed by atoms with Crippen LogP contribution in [0, 0.1) is 0 Å². The van der Waals surface area contributed by atoms with Gasteiger partial charge in [-0.25, -0.2) is 4.79 Å². The minimum Gasteiger partial charge on any atom is -0.466 e. The number of amides is 2. The number of esters is 1. The molecule has 1 saturated heterocycles. The quantitative estimate of drug-likeness (QED) is 0.725. The van der Waals surface area contributed by atoms with E-state index in [0.717, 1.165) is 31.9 Å². The highest BCUT2D eigenvalue weighted by Crippen LogP contribution is 2.15. The summed E-state index contributed by atoms with van der Waals surface area (Å²) in [6.45, 7) is 9.72. The standard InChI is InChI=1S/C19H29N3O4/c1-15(23)26-10-7-16-5-4-6-17(13-16)21-18(24)20-14-19(2,3)22-8-11-25-12-9-22/h4-6,13H,7-12,14H2,1-3H3,(H2,20,21,24). The first-order valence-corrected chi connectivity index (χ1v) is 8.97. The summed E-state index contributed by atoms with van der Waals surface area (Å²) in [5.74, 6) is -0.290. The first-order valence-electron chi connectivity index (χ1n) is 8.97. The zero-order chi connectivity index (χ0) is 19.0. The van der Waals surface area contributed by atoms with Crippen molar-refractivity contribution in [1.29, 1.82) is 0 Å². The van der Waals surface area contributed by atoms with Crippen LogP contribution < -0.4 is 10.6 Å².